The molecule has 1 fully saturated rings. The Bertz CT molecular complexity index is 418. The van der Waals surface area contributed by atoms with Crippen molar-refractivity contribution in [3.63, 3.8) is 0 Å². The number of alkyl halides is 1. The predicted molar refractivity (Wildman–Crippen MR) is 70.3 cm³/mol. The summed E-state index contributed by atoms with van der Waals surface area (Å²) in [5.74, 6) is 1.19. The van der Waals surface area contributed by atoms with Crippen LogP contribution in [0.25, 0.3) is 0 Å². The lowest BCUT2D eigenvalue weighted by Crippen LogP contribution is -2.33. The fraction of sp³-hybridized carbons (Fsp3) is 0.500. The summed E-state index contributed by atoms with van der Waals surface area (Å²) in [6.07, 6.45) is 1.10. The van der Waals surface area contributed by atoms with Crippen molar-refractivity contribution in [2.75, 3.05) is 6.54 Å². The van der Waals surface area contributed by atoms with Crippen LogP contribution in [0.3, 0.4) is 0 Å². The smallest absolute Gasteiger partial charge is 0.254 e. The Labute approximate surface area is 108 Å². The van der Waals surface area contributed by atoms with Gasteiger partial charge in [-0.1, -0.05) is 19.1 Å². The summed E-state index contributed by atoms with van der Waals surface area (Å²) in [7, 11) is 0. The van der Waals surface area contributed by atoms with E-state index in [1.54, 1.807) is 0 Å². The van der Waals surface area contributed by atoms with Gasteiger partial charge in [-0.15, -0.1) is 11.6 Å². The van der Waals surface area contributed by atoms with Gasteiger partial charge in [-0.2, -0.15) is 0 Å². The van der Waals surface area contributed by atoms with Crippen LogP contribution in [-0.2, 0) is 5.88 Å². The normalized spacial score (nSPS) is 24.1. The average molecular weight is 252 g/mol. The largest absolute Gasteiger partial charge is 0.336 e. The Hall–Kier alpha value is -1.02. The molecule has 1 amide bonds. The first-order valence-corrected chi connectivity index (χ1v) is 6.61. The molecule has 3 heteroatoms. The van der Waals surface area contributed by atoms with E-state index < -0.39 is 0 Å². The van der Waals surface area contributed by atoms with Gasteiger partial charge in [0.2, 0.25) is 0 Å². The van der Waals surface area contributed by atoms with Gasteiger partial charge in [-0.3, -0.25) is 4.79 Å². The molecule has 0 radical (unpaired) electrons. The van der Waals surface area contributed by atoms with Crippen LogP contribution < -0.4 is 0 Å². The van der Waals surface area contributed by atoms with Gasteiger partial charge in [-0.05, 0) is 37.0 Å². The van der Waals surface area contributed by atoms with Gasteiger partial charge in [0, 0.05) is 24.0 Å². The van der Waals surface area contributed by atoms with E-state index in [2.05, 4.69) is 13.8 Å². The van der Waals surface area contributed by atoms with E-state index in [1.165, 1.54) is 0 Å². The Morgan fingerprint density at radius 3 is 2.82 bits per heavy atom. The van der Waals surface area contributed by atoms with E-state index in [0.29, 0.717) is 17.8 Å². The van der Waals surface area contributed by atoms with Crippen LogP contribution in [0.4, 0.5) is 0 Å². The highest BCUT2D eigenvalue weighted by atomic mass is 35.5. The Morgan fingerprint density at radius 2 is 2.24 bits per heavy atom. The fourth-order valence-electron chi connectivity index (χ4n) is 2.54. The predicted octanol–water partition coefficient (Wildman–Crippen LogP) is 3.30. The number of amides is 1. The second-order valence-corrected chi connectivity index (χ2v) is 5.25. The molecule has 17 heavy (non-hydrogen) atoms. The Balaban J connectivity index is 2.19. The molecule has 2 nitrogen and oxygen atoms in total. The number of rotatable bonds is 2. The van der Waals surface area contributed by atoms with Gasteiger partial charge in [-0.25, -0.2) is 0 Å². The zero-order valence-corrected chi connectivity index (χ0v) is 11.1. The summed E-state index contributed by atoms with van der Waals surface area (Å²) in [5, 5.41) is 0. The molecule has 1 aromatic carbocycles. The average Bonchev–Trinajstić information content (AvgIpc) is 2.67. The first kappa shape index (κ1) is 12.4. The van der Waals surface area contributed by atoms with Gasteiger partial charge >= 0.3 is 0 Å². The zero-order chi connectivity index (χ0) is 12.4. The van der Waals surface area contributed by atoms with Crippen molar-refractivity contribution in [1.29, 1.82) is 0 Å². The number of hydrogen-bond donors (Lipinski definition) is 0. The van der Waals surface area contributed by atoms with Crippen molar-refractivity contribution in [3.05, 3.63) is 35.4 Å². The van der Waals surface area contributed by atoms with Crippen LogP contribution in [0.2, 0.25) is 0 Å². The third-order valence-electron chi connectivity index (χ3n) is 3.37. The zero-order valence-electron chi connectivity index (χ0n) is 10.3. The van der Waals surface area contributed by atoms with Gasteiger partial charge < -0.3 is 4.90 Å². The van der Waals surface area contributed by atoms with Crippen molar-refractivity contribution in [3.8, 4) is 0 Å². The van der Waals surface area contributed by atoms with E-state index in [9.17, 15) is 4.79 Å². The molecule has 1 heterocycles. The molecule has 0 N–H and O–H groups in total. The van der Waals surface area contributed by atoms with E-state index in [1.807, 2.05) is 29.2 Å². The monoisotopic (exact) mass is 251 g/mol. The molecule has 2 atom stereocenters. The highest BCUT2D eigenvalue weighted by Crippen LogP contribution is 2.24. The number of halogens is 1. The van der Waals surface area contributed by atoms with E-state index in [0.717, 1.165) is 24.1 Å². The standard InChI is InChI=1S/C14H18ClNO/c1-10-6-11(2)16(9-10)14(17)13-5-3-4-12(7-13)8-15/h3-5,7,10-11H,6,8-9H2,1-2H3. The maximum absolute atomic E-state index is 12.4. The molecule has 0 aromatic heterocycles. The van der Waals surface area contributed by atoms with E-state index in [4.69, 9.17) is 11.6 Å². The lowest BCUT2D eigenvalue weighted by molar-refractivity contribution is 0.0743. The molecule has 0 aliphatic carbocycles. The van der Waals surface area contributed by atoms with Crippen LogP contribution in [-0.4, -0.2) is 23.4 Å². The topological polar surface area (TPSA) is 20.3 Å². The number of hydrogen-bond acceptors (Lipinski definition) is 1. The van der Waals surface area contributed by atoms with Gasteiger partial charge in [0.15, 0.2) is 0 Å². The number of likely N-dealkylation sites (tertiary alicyclic amines) is 1. The molecular formula is C14H18ClNO. The summed E-state index contributed by atoms with van der Waals surface area (Å²) in [6.45, 7) is 5.18. The van der Waals surface area contributed by atoms with Gasteiger partial charge in [0.05, 0.1) is 0 Å². The van der Waals surface area contributed by atoms with Crippen LogP contribution in [0, 0.1) is 5.92 Å². The summed E-state index contributed by atoms with van der Waals surface area (Å²) in [6, 6.07) is 7.95. The minimum Gasteiger partial charge on any atom is -0.336 e. The van der Waals surface area contributed by atoms with Crippen LogP contribution in [0.5, 0.6) is 0 Å². The number of nitrogens with zero attached hydrogens (tertiary/aromatic N) is 1. The van der Waals surface area contributed by atoms with E-state index >= 15 is 0 Å². The molecule has 2 unspecified atom stereocenters. The lowest BCUT2D eigenvalue weighted by Gasteiger charge is -2.21. The van der Waals surface area contributed by atoms with Crippen molar-refractivity contribution >= 4 is 17.5 Å². The molecule has 0 saturated carbocycles. The second kappa shape index (κ2) is 5.09. The van der Waals surface area contributed by atoms with Crippen LogP contribution in [0.15, 0.2) is 24.3 Å². The van der Waals surface area contributed by atoms with Gasteiger partial charge in [0.25, 0.3) is 5.91 Å². The van der Waals surface area contributed by atoms with Crippen LogP contribution >= 0.6 is 11.6 Å². The van der Waals surface area contributed by atoms with Crippen LogP contribution in [0.1, 0.15) is 36.2 Å². The maximum atomic E-state index is 12.4. The molecular weight excluding hydrogens is 234 g/mol. The minimum atomic E-state index is 0.133. The molecule has 1 aromatic rings. The third-order valence-corrected chi connectivity index (χ3v) is 3.68. The quantitative estimate of drug-likeness (QED) is 0.739. The molecule has 92 valence electrons. The third kappa shape index (κ3) is 2.63. The summed E-state index contributed by atoms with van der Waals surface area (Å²) >= 11 is 5.79. The lowest BCUT2D eigenvalue weighted by atomic mass is 10.1. The van der Waals surface area contributed by atoms with Crippen molar-refractivity contribution in [2.24, 2.45) is 5.92 Å². The fourth-order valence-corrected chi connectivity index (χ4v) is 2.70. The molecule has 1 saturated heterocycles. The SMILES string of the molecule is CC1CC(C)N(C(=O)c2cccc(CCl)c2)C1. The van der Waals surface area contributed by atoms with Crippen molar-refractivity contribution in [2.45, 2.75) is 32.2 Å². The maximum Gasteiger partial charge on any atom is 0.254 e. The second-order valence-electron chi connectivity index (χ2n) is 4.98. The number of benzene rings is 1. The first-order valence-electron chi connectivity index (χ1n) is 6.07. The number of carbonyl (C=O) groups excluding carboxylic acids is 1. The summed E-state index contributed by atoms with van der Waals surface area (Å²) in [4.78, 5) is 14.3. The Morgan fingerprint density at radius 1 is 1.47 bits per heavy atom. The van der Waals surface area contributed by atoms with Gasteiger partial charge in [0.1, 0.15) is 0 Å². The first-order chi connectivity index (χ1) is 8.11. The molecule has 1 aliphatic heterocycles. The highest BCUT2D eigenvalue weighted by Gasteiger charge is 2.30. The summed E-state index contributed by atoms with van der Waals surface area (Å²) < 4.78 is 0. The summed E-state index contributed by atoms with van der Waals surface area (Å²) in [5.41, 5.74) is 1.75. The molecule has 0 spiro atoms. The highest BCUT2D eigenvalue weighted by molar-refractivity contribution is 6.17. The molecule has 1 aliphatic rings. The molecule has 2 rings (SSSR count). The van der Waals surface area contributed by atoms with Crippen molar-refractivity contribution < 1.29 is 4.79 Å². The Kier molecular flexibility index (Phi) is 3.72. The van der Waals surface area contributed by atoms with Crippen molar-refractivity contribution in [1.82, 2.24) is 4.90 Å². The number of carbonyl (C=O) groups is 1. The van der Waals surface area contributed by atoms with E-state index in [-0.39, 0.29) is 5.91 Å². The minimum absolute atomic E-state index is 0.133. The molecule has 0 bridgehead atoms.